The molecule has 0 aliphatic rings. The van der Waals surface area contributed by atoms with E-state index in [-0.39, 0.29) is 5.82 Å². The zero-order valence-electron chi connectivity index (χ0n) is 6.38. The highest BCUT2D eigenvalue weighted by Gasteiger charge is 2.07. The molecule has 0 radical (unpaired) electrons. The van der Waals surface area contributed by atoms with Crippen LogP contribution in [0.5, 0.6) is 0 Å². The van der Waals surface area contributed by atoms with E-state index in [0.29, 0.717) is 5.52 Å². The van der Waals surface area contributed by atoms with E-state index in [1.54, 1.807) is 19.3 Å². The van der Waals surface area contributed by atoms with Gasteiger partial charge in [0.1, 0.15) is 11.3 Å². The number of aromatic nitrogens is 2. The minimum absolute atomic E-state index is 0.242. The topological polar surface area (TPSA) is 17.8 Å². The van der Waals surface area contributed by atoms with Gasteiger partial charge in [-0.05, 0) is 12.1 Å². The SMILES string of the molecule is Cn1ncc2c(Br)ccc(F)c21. The summed E-state index contributed by atoms with van der Waals surface area (Å²) in [6.45, 7) is 0. The van der Waals surface area contributed by atoms with Crippen molar-refractivity contribution in [1.82, 2.24) is 9.78 Å². The predicted molar refractivity (Wildman–Crippen MR) is 48.4 cm³/mol. The number of fused-ring (bicyclic) bond motifs is 1. The van der Waals surface area contributed by atoms with Crippen LogP contribution in [0.1, 0.15) is 0 Å². The number of hydrogen-bond donors (Lipinski definition) is 0. The molecule has 2 aromatic rings. The van der Waals surface area contributed by atoms with E-state index in [0.717, 1.165) is 9.86 Å². The predicted octanol–water partition coefficient (Wildman–Crippen LogP) is 2.47. The van der Waals surface area contributed by atoms with Crippen molar-refractivity contribution in [2.75, 3.05) is 0 Å². The van der Waals surface area contributed by atoms with Gasteiger partial charge >= 0.3 is 0 Å². The van der Waals surface area contributed by atoms with Crippen molar-refractivity contribution in [3.63, 3.8) is 0 Å². The third-order valence-electron chi connectivity index (χ3n) is 1.80. The molecule has 62 valence electrons. The van der Waals surface area contributed by atoms with Crippen LogP contribution in [0, 0.1) is 5.82 Å². The molecule has 1 aromatic carbocycles. The molecule has 4 heteroatoms. The number of nitrogens with zero attached hydrogens (tertiary/aromatic N) is 2. The first-order chi connectivity index (χ1) is 5.70. The normalized spacial score (nSPS) is 10.9. The fourth-order valence-corrected chi connectivity index (χ4v) is 1.63. The van der Waals surface area contributed by atoms with Crippen LogP contribution < -0.4 is 0 Å². The Balaban J connectivity index is 2.98. The van der Waals surface area contributed by atoms with Gasteiger partial charge in [-0.25, -0.2) is 4.39 Å². The van der Waals surface area contributed by atoms with Crippen molar-refractivity contribution in [2.24, 2.45) is 7.05 Å². The molecule has 0 bridgehead atoms. The number of halogens is 2. The van der Waals surface area contributed by atoms with Crippen LogP contribution in [-0.4, -0.2) is 9.78 Å². The van der Waals surface area contributed by atoms with Gasteiger partial charge in [-0.2, -0.15) is 5.10 Å². The largest absolute Gasteiger partial charge is 0.265 e. The first kappa shape index (κ1) is 7.73. The van der Waals surface area contributed by atoms with Crippen molar-refractivity contribution in [3.05, 3.63) is 28.6 Å². The summed E-state index contributed by atoms with van der Waals surface area (Å²) >= 11 is 3.32. The maximum Gasteiger partial charge on any atom is 0.149 e. The second kappa shape index (κ2) is 2.55. The van der Waals surface area contributed by atoms with E-state index in [1.807, 2.05) is 0 Å². The standard InChI is InChI=1S/C8H6BrFN2/c1-12-8-5(4-11-12)6(9)2-3-7(8)10/h2-4H,1H3. The Hall–Kier alpha value is -0.900. The van der Waals surface area contributed by atoms with Crippen LogP contribution in [0.15, 0.2) is 22.8 Å². The van der Waals surface area contributed by atoms with E-state index in [2.05, 4.69) is 21.0 Å². The second-order valence-electron chi connectivity index (χ2n) is 2.56. The molecule has 0 N–H and O–H groups in total. The van der Waals surface area contributed by atoms with Gasteiger partial charge in [0.15, 0.2) is 0 Å². The van der Waals surface area contributed by atoms with E-state index in [9.17, 15) is 4.39 Å². The molecule has 0 spiro atoms. The molecule has 1 aromatic heterocycles. The quantitative estimate of drug-likeness (QED) is 0.678. The fourth-order valence-electron chi connectivity index (χ4n) is 1.21. The summed E-state index contributed by atoms with van der Waals surface area (Å²) in [7, 11) is 1.72. The molecule has 0 amide bonds. The molecule has 0 unspecified atom stereocenters. The Bertz CT molecular complexity index is 436. The minimum Gasteiger partial charge on any atom is -0.265 e. The third-order valence-corrected chi connectivity index (χ3v) is 2.49. The highest BCUT2D eigenvalue weighted by molar-refractivity contribution is 9.10. The van der Waals surface area contributed by atoms with Gasteiger partial charge in [-0.15, -0.1) is 0 Å². The zero-order chi connectivity index (χ0) is 8.72. The molecule has 0 aliphatic heterocycles. The molecular weight excluding hydrogens is 223 g/mol. The van der Waals surface area contributed by atoms with E-state index < -0.39 is 0 Å². The van der Waals surface area contributed by atoms with Gasteiger partial charge < -0.3 is 0 Å². The molecule has 2 nitrogen and oxygen atoms in total. The van der Waals surface area contributed by atoms with Crippen molar-refractivity contribution in [3.8, 4) is 0 Å². The van der Waals surface area contributed by atoms with Gasteiger partial charge in [0.05, 0.1) is 6.20 Å². The Kier molecular flexibility index (Phi) is 1.65. The van der Waals surface area contributed by atoms with Crippen LogP contribution in [0.3, 0.4) is 0 Å². The Morgan fingerprint density at radius 1 is 1.50 bits per heavy atom. The second-order valence-corrected chi connectivity index (χ2v) is 3.41. The van der Waals surface area contributed by atoms with Crippen molar-refractivity contribution in [1.29, 1.82) is 0 Å². The van der Waals surface area contributed by atoms with Crippen LogP contribution in [0.2, 0.25) is 0 Å². The summed E-state index contributed by atoms with van der Waals surface area (Å²) in [4.78, 5) is 0. The van der Waals surface area contributed by atoms with Crippen LogP contribution in [0.4, 0.5) is 4.39 Å². The van der Waals surface area contributed by atoms with Gasteiger partial charge in [0, 0.05) is 16.9 Å². The molecule has 1 heterocycles. The van der Waals surface area contributed by atoms with E-state index >= 15 is 0 Å². The number of hydrogen-bond acceptors (Lipinski definition) is 1. The summed E-state index contributed by atoms with van der Waals surface area (Å²) in [5.74, 6) is -0.242. The van der Waals surface area contributed by atoms with Crippen LogP contribution in [0.25, 0.3) is 10.9 Å². The number of aryl methyl sites for hydroxylation is 1. The lowest BCUT2D eigenvalue weighted by Gasteiger charge is -1.97. The summed E-state index contributed by atoms with van der Waals surface area (Å²) in [6, 6.07) is 3.10. The summed E-state index contributed by atoms with van der Waals surface area (Å²) < 4.78 is 15.6. The average molecular weight is 229 g/mol. The average Bonchev–Trinajstić information content (AvgIpc) is 2.42. The zero-order valence-corrected chi connectivity index (χ0v) is 7.97. The van der Waals surface area contributed by atoms with Gasteiger partial charge in [-0.1, -0.05) is 15.9 Å². The third kappa shape index (κ3) is 0.948. The lowest BCUT2D eigenvalue weighted by molar-refractivity contribution is 0.625. The van der Waals surface area contributed by atoms with Crippen molar-refractivity contribution >= 4 is 26.8 Å². The molecule has 2 rings (SSSR count). The highest BCUT2D eigenvalue weighted by atomic mass is 79.9. The summed E-state index contributed by atoms with van der Waals surface area (Å²) in [6.07, 6.45) is 1.64. The Labute approximate surface area is 77.1 Å². The highest BCUT2D eigenvalue weighted by Crippen LogP contribution is 2.24. The first-order valence-corrected chi connectivity index (χ1v) is 4.25. The Morgan fingerprint density at radius 2 is 2.25 bits per heavy atom. The Morgan fingerprint density at radius 3 is 2.92 bits per heavy atom. The smallest absolute Gasteiger partial charge is 0.149 e. The molecule has 0 atom stereocenters. The fraction of sp³-hybridized carbons (Fsp3) is 0.125. The van der Waals surface area contributed by atoms with E-state index in [1.165, 1.54) is 10.7 Å². The van der Waals surface area contributed by atoms with Gasteiger partial charge in [-0.3, -0.25) is 4.68 Å². The lowest BCUT2D eigenvalue weighted by Crippen LogP contribution is -1.91. The lowest BCUT2D eigenvalue weighted by atomic mass is 10.2. The molecular formula is C8H6BrFN2. The first-order valence-electron chi connectivity index (χ1n) is 3.46. The molecule has 12 heavy (non-hydrogen) atoms. The summed E-state index contributed by atoms with van der Waals surface area (Å²) in [5.41, 5.74) is 0.532. The minimum atomic E-state index is -0.242. The van der Waals surface area contributed by atoms with Crippen molar-refractivity contribution < 1.29 is 4.39 Å². The van der Waals surface area contributed by atoms with Gasteiger partial charge in [0.25, 0.3) is 0 Å². The van der Waals surface area contributed by atoms with Crippen LogP contribution >= 0.6 is 15.9 Å². The number of benzene rings is 1. The monoisotopic (exact) mass is 228 g/mol. The van der Waals surface area contributed by atoms with E-state index in [4.69, 9.17) is 0 Å². The van der Waals surface area contributed by atoms with Crippen LogP contribution in [-0.2, 0) is 7.05 Å². The summed E-state index contributed by atoms with van der Waals surface area (Å²) in [5, 5.41) is 4.77. The molecule has 0 aliphatic carbocycles. The molecule has 0 saturated heterocycles. The maximum atomic E-state index is 13.2. The van der Waals surface area contributed by atoms with Crippen molar-refractivity contribution in [2.45, 2.75) is 0 Å². The molecule has 0 fully saturated rings. The maximum absolute atomic E-state index is 13.2. The molecule has 0 saturated carbocycles. The number of rotatable bonds is 0. The van der Waals surface area contributed by atoms with Gasteiger partial charge in [0.2, 0.25) is 0 Å².